The number of carbonyl (C=O) groups is 2. The Kier molecular flexibility index (Phi) is 6.56. The molecule has 5 heteroatoms. The summed E-state index contributed by atoms with van der Waals surface area (Å²) in [5.41, 5.74) is 6.38. The van der Waals surface area contributed by atoms with Crippen LogP contribution >= 0.6 is 0 Å². The van der Waals surface area contributed by atoms with E-state index in [4.69, 9.17) is 5.73 Å². The fraction of sp³-hybridized carbons (Fsp3) is 0.529. The third-order valence-corrected chi connectivity index (χ3v) is 3.73. The maximum Gasteiger partial charge on any atom is 0.253 e. The van der Waals surface area contributed by atoms with E-state index in [-0.39, 0.29) is 11.8 Å². The number of nitrogens with zero attached hydrogens (tertiary/aromatic N) is 1. The zero-order chi connectivity index (χ0) is 16.8. The van der Waals surface area contributed by atoms with Crippen LogP contribution in [0.1, 0.15) is 50.9 Å². The van der Waals surface area contributed by atoms with Crippen molar-refractivity contribution in [2.45, 2.75) is 46.1 Å². The number of hydrogen-bond acceptors (Lipinski definition) is 3. The van der Waals surface area contributed by atoms with Gasteiger partial charge in [0.15, 0.2) is 0 Å². The Morgan fingerprint density at radius 1 is 1.14 bits per heavy atom. The summed E-state index contributed by atoms with van der Waals surface area (Å²) >= 11 is 0. The number of hydrogen-bond donors (Lipinski definition) is 2. The molecule has 1 rings (SSSR count). The molecule has 0 saturated carbocycles. The average Bonchev–Trinajstić information content (AvgIpc) is 2.49. The van der Waals surface area contributed by atoms with E-state index in [0.717, 1.165) is 6.42 Å². The van der Waals surface area contributed by atoms with Crippen molar-refractivity contribution in [3.63, 3.8) is 0 Å². The van der Waals surface area contributed by atoms with Crippen molar-refractivity contribution < 1.29 is 9.59 Å². The van der Waals surface area contributed by atoms with Crippen LogP contribution in [0.5, 0.6) is 0 Å². The van der Waals surface area contributed by atoms with Crippen molar-refractivity contribution in [2.24, 2.45) is 5.73 Å². The molecule has 0 spiro atoms. The van der Waals surface area contributed by atoms with Gasteiger partial charge in [0.1, 0.15) is 0 Å². The molecule has 0 fully saturated rings. The van der Waals surface area contributed by atoms with Crippen LogP contribution < -0.4 is 11.1 Å². The summed E-state index contributed by atoms with van der Waals surface area (Å²) in [7, 11) is 0. The summed E-state index contributed by atoms with van der Waals surface area (Å²) in [6, 6.07) is 6.92. The van der Waals surface area contributed by atoms with E-state index in [0.29, 0.717) is 30.8 Å². The summed E-state index contributed by atoms with van der Waals surface area (Å²) in [5, 5.41) is 2.80. The second-order valence-corrected chi connectivity index (χ2v) is 5.68. The smallest absolute Gasteiger partial charge is 0.253 e. The summed E-state index contributed by atoms with van der Waals surface area (Å²) < 4.78 is 0. The standard InChI is InChI=1S/C17H27N3O2/c1-5-12-17(4,18)16(22)19-14-10-8-13(9-11-14)15(21)20(6-2)7-3/h8-11H,5-7,12,18H2,1-4H3,(H,19,22). The monoisotopic (exact) mass is 305 g/mol. The van der Waals surface area contributed by atoms with E-state index in [1.165, 1.54) is 0 Å². The first kappa shape index (κ1) is 18.2. The third-order valence-electron chi connectivity index (χ3n) is 3.73. The van der Waals surface area contributed by atoms with E-state index in [1.54, 1.807) is 36.1 Å². The molecule has 1 aromatic rings. The van der Waals surface area contributed by atoms with E-state index in [9.17, 15) is 9.59 Å². The van der Waals surface area contributed by atoms with Gasteiger partial charge < -0.3 is 16.0 Å². The molecule has 22 heavy (non-hydrogen) atoms. The van der Waals surface area contributed by atoms with Gasteiger partial charge in [0.25, 0.3) is 5.91 Å². The van der Waals surface area contributed by atoms with Crippen molar-refractivity contribution in [3.05, 3.63) is 29.8 Å². The first-order valence-electron chi connectivity index (χ1n) is 7.85. The Balaban J connectivity index is 2.77. The molecule has 0 aromatic heterocycles. The Morgan fingerprint density at radius 2 is 1.68 bits per heavy atom. The Hall–Kier alpha value is -1.88. The lowest BCUT2D eigenvalue weighted by Gasteiger charge is -2.23. The summed E-state index contributed by atoms with van der Waals surface area (Å²) in [6.45, 7) is 8.97. The fourth-order valence-electron chi connectivity index (χ4n) is 2.30. The quantitative estimate of drug-likeness (QED) is 0.813. The van der Waals surface area contributed by atoms with Crippen LogP contribution in [0.3, 0.4) is 0 Å². The van der Waals surface area contributed by atoms with Crippen LogP contribution in [-0.2, 0) is 4.79 Å². The van der Waals surface area contributed by atoms with Gasteiger partial charge in [0.05, 0.1) is 5.54 Å². The Labute approximate surface area is 132 Å². The van der Waals surface area contributed by atoms with E-state index in [2.05, 4.69) is 5.32 Å². The highest BCUT2D eigenvalue weighted by Crippen LogP contribution is 2.15. The first-order valence-corrected chi connectivity index (χ1v) is 7.85. The maximum absolute atomic E-state index is 12.2. The molecule has 1 unspecified atom stereocenters. The lowest BCUT2D eigenvalue weighted by atomic mass is 9.96. The predicted octanol–water partition coefficient (Wildman–Crippen LogP) is 2.62. The van der Waals surface area contributed by atoms with Crippen molar-refractivity contribution in [1.82, 2.24) is 4.90 Å². The average molecular weight is 305 g/mol. The fourth-order valence-corrected chi connectivity index (χ4v) is 2.30. The minimum absolute atomic E-state index is 0.00229. The molecule has 122 valence electrons. The van der Waals surface area contributed by atoms with Gasteiger partial charge in [-0.3, -0.25) is 9.59 Å². The van der Waals surface area contributed by atoms with Gasteiger partial charge in [-0.15, -0.1) is 0 Å². The van der Waals surface area contributed by atoms with Crippen LogP contribution in [0.4, 0.5) is 5.69 Å². The lowest BCUT2D eigenvalue weighted by molar-refractivity contribution is -0.120. The molecule has 0 aliphatic carbocycles. The van der Waals surface area contributed by atoms with E-state index >= 15 is 0 Å². The topological polar surface area (TPSA) is 75.4 Å². The number of rotatable bonds is 7. The van der Waals surface area contributed by atoms with E-state index < -0.39 is 5.54 Å². The molecule has 0 aliphatic rings. The molecule has 2 amide bonds. The summed E-state index contributed by atoms with van der Waals surface area (Å²) in [6.07, 6.45) is 1.47. The number of carbonyl (C=O) groups excluding carboxylic acids is 2. The molecule has 3 N–H and O–H groups in total. The zero-order valence-corrected chi connectivity index (χ0v) is 14.0. The van der Waals surface area contributed by atoms with Crippen molar-refractivity contribution >= 4 is 17.5 Å². The Bertz CT molecular complexity index is 505. The van der Waals surface area contributed by atoms with Gasteiger partial charge in [-0.25, -0.2) is 0 Å². The third kappa shape index (κ3) is 4.56. The zero-order valence-electron chi connectivity index (χ0n) is 14.0. The number of anilines is 1. The molecular weight excluding hydrogens is 278 g/mol. The van der Waals surface area contributed by atoms with Crippen LogP contribution in [0.2, 0.25) is 0 Å². The Morgan fingerprint density at radius 3 is 2.14 bits per heavy atom. The molecule has 5 nitrogen and oxygen atoms in total. The first-order chi connectivity index (χ1) is 10.4. The predicted molar refractivity (Wildman–Crippen MR) is 89.8 cm³/mol. The van der Waals surface area contributed by atoms with Crippen molar-refractivity contribution in [1.29, 1.82) is 0 Å². The second-order valence-electron chi connectivity index (χ2n) is 5.68. The molecule has 0 aliphatic heterocycles. The molecule has 0 bridgehead atoms. The van der Waals surface area contributed by atoms with Crippen LogP contribution in [0.15, 0.2) is 24.3 Å². The highest BCUT2D eigenvalue weighted by atomic mass is 16.2. The number of nitrogens with two attached hydrogens (primary N) is 1. The van der Waals surface area contributed by atoms with Gasteiger partial charge in [-0.2, -0.15) is 0 Å². The van der Waals surface area contributed by atoms with Crippen LogP contribution in [-0.4, -0.2) is 35.3 Å². The number of benzene rings is 1. The van der Waals surface area contributed by atoms with Crippen LogP contribution in [0, 0.1) is 0 Å². The SMILES string of the molecule is CCCC(C)(N)C(=O)Nc1ccc(C(=O)N(CC)CC)cc1. The lowest BCUT2D eigenvalue weighted by Crippen LogP contribution is -2.48. The highest BCUT2D eigenvalue weighted by Gasteiger charge is 2.27. The maximum atomic E-state index is 12.2. The van der Waals surface area contributed by atoms with Gasteiger partial charge in [-0.05, 0) is 51.5 Å². The van der Waals surface area contributed by atoms with Gasteiger partial charge in [-0.1, -0.05) is 13.3 Å². The second kappa shape index (κ2) is 7.94. The minimum atomic E-state index is -0.884. The van der Waals surface area contributed by atoms with E-state index in [1.807, 2.05) is 20.8 Å². The largest absolute Gasteiger partial charge is 0.339 e. The van der Waals surface area contributed by atoms with Crippen molar-refractivity contribution in [3.8, 4) is 0 Å². The minimum Gasteiger partial charge on any atom is -0.339 e. The molecule has 1 aromatic carbocycles. The molecule has 0 heterocycles. The van der Waals surface area contributed by atoms with Gasteiger partial charge >= 0.3 is 0 Å². The summed E-state index contributed by atoms with van der Waals surface area (Å²) in [4.78, 5) is 26.1. The van der Waals surface area contributed by atoms with Gasteiger partial charge in [0.2, 0.25) is 5.91 Å². The number of amides is 2. The molecular formula is C17H27N3O2. The number of nitrogens with one attached hydrogen (secondary N) is 1. The molecule has 0 radical (unpaired) electrons. The van der Waals surface area contributed by atoms with Crippen LogP contribution in [0.25, 0.3) is 0 Å². The highest BCUT2D eigenvalue weighted by molar-refractivity contribution is 5.98. The molecule has 1 atom stereocenters. The van der Waals surface area contributed by atoms with Gasteiger partial charge in [0, 0.05) is 24.3 Å². The molecule has 0 saturated heterocycles. The normalized spacial score (nSPS) is 13.3. The summed E-state index contributed by atoms with van der Waals surface area (Å²) in [5.74, 6) is -0.213. The van der Waals surface area contributed by atoms with Crippen molar-refractivity contribution in [2.75, 3.05) is 18.4 Å².